The van der Waals surface area contributed by atoms with Crippen LogP contribution in [0.1, 0.15) is 45.4 Å². The SMILES string of the molecule is Cc1ncsc1C(=O)N(C)[C@H]1CCCc2ccccc21. The number of hydrogen-bond acceptors (Lipinski definition) is 3. The van der Waals surface area contributed by atoms with Crippen molar-refractivity contribution in [2.75, 3.05) is 7.05 Å². The molecule has 20 heavy (non-hydrogen) atoms. The molecule has 1 atom stereocenters. The summed E-state index contributed by atoms with van der Waals surface area (Å²) in [5.74, 6) is 0.0895. The van der Waals surface area contributed by atoms with E-state index in [0.29, 0.717) is 0 Å². The van der Waals surface area contributed by atoms with Crippen molar-refractivity contribution in [2.45, 2.75) is 32.2 Å². The van der Waals surface area contributed by atoms with Gasteiger partial charge in [-0.05, 0) is 37.3 Å². The first kappa shape index (κ1) is 13.3. The first-order valence-electron chi connectivity index (χ1n) is 6.93. The maximum absolute atomic E-state index is 12.6. The van der Waals surface area contributed by atoms with E-state index in [4.69, 9.17) is 0 Å². The van der Waals surface area contributed by atoms with E-state index in [-0.39, 0.29) is 11.9 Å². The molecule has 1 aromatic carbocycles. The van der Waals surface area contributed by atoms with Crippen LogP contribution in [0, 0.1) is 6.92 Å². The Balaban J connectivity index is 1.90. The van der Waals surface area contributed by atoms with E-state index >= 15 is 0 Å². The van der Waals surface area contributed by atoms with Crippen LogP contribution in [0.3, 0.4) is 0 Å². The molecule has 0 aliphatic heterocycles. The Bertz CT molecular complexity index is 635. The molecular weight excluding hydrogens is 268 g/mol. The van der Waals surface area contributed by atoms with Gasteiger partial charge in [-0.3, -0.25) is 4.79 Å². The molecule has 1 amide bonds. The third kappa shape index (κ3) is 2.24. The van der Waals surface area contributed by atoms with Crippen LogP contribution in [-0.2, 0) is 6.42 Å². The lowest BCUT2D eigenvalue weighted by atomic mass is 9.87. The number of hydrogen-bond donors (Lipinski definition) is 0. The van der Waals surface area contributed by atoms with Gasteiger partial charge in [0.05, 0.1) is 17.2 Å². The lowest BCUT2D eigenvalue weighted by molar-refractivity contribution is 0.0719. The molecule has 0 unspecified atom stereocenters. The van der Waals surface area contributed by atoms with Crippen LogP contribution in [0.2, 0.25) is 0 Å². The zero-order chi connectivity index (χ0) is 14.1. The molecule has 0 bridgehead atoms. The molecule has 1 heterocycles. The van der Waals surface area contributed by atoms with E-state index in [9.17, 15) is 4.79 Å². The van der Waals surface area contributed by atoms with Gasteiger partial charge in [0.2, 0.25) is 0 Å². The van der Waals surface area contributed by atoms with Crippen molar-refractivity contribution in [1.82, 2.24) is 9.88 Å². The lowest BCUT2D eigenvalue weighted by Crippen LogP contribution is -2.33. The summed E-state index contributed by atoms with van der Waals surface area (Å²) in [6, 6.07) is 8.67. The molecule has 0 saturated carbocycles. The average Bonchev–Trinajstić information content (AvgIpc) is 2.91. The number of carbonyl (C=O) groups excluding carboxylic acids is 1. The van der Waals surface area contributed by atoms with E-state index in [1.165, 1.54) is 22.5 Å². The molecule has 1 aliphatic carbocycles. The Morgan fingerprint density at radius 3 is 2.95 bits per heavy atom. The summed E-state index contributed by atoms with van der Waals surface area (Å²) in [6.07, 6.45) is 3.30. The fourth-order valence-corrected chi connectivity index (χ4v) is 3.72. The lowest BCUT2D eigenvalue weighted by Gasteiger charge is -2.33. The molecule has 1 aliphatic rings. The highest BCUT2D eigenvalue weighted by Crippen LogP contribution is 2.34. The number of aryl methyl sites for hydroxylation is 2. The largest absolute Gasteiger partial charge is 0.334 e. The van der Waals surface area contributed by atoms with Crippen LogP contribution in [0.25, 0.3) is 0 Å². The minimum Gasteiger partial charge on any atom is -0.334 e. The van der Waals surface area contributed by atoms with Crippen LogP contribution >= 0.6 is 11.3 Å². The van der Waals surface area contributed by atoms with Crippen molar-refractivity contribution in [3.05, 3.63) is 51.5 Å². The van der Waals surface area contributed by atoms with Crippen LogP contribution in [0.4, 0.5) is 0 Å². The second-order valence-electron chi connectivity index (χ2n) is 5.29. The van der Waals surface area contributed by atoms with Gasteiger partial charge in [-0.2, -0.15) is 0 Å². The van der Waals surface area contributed by atoms with Gasteiger partial charge >= 0.3 is 0 Å². The zero-order valence-corrected chi connectivity index (χ0v) is 12.6. The highest BCUT2D eigenvalue weighted by molar-refractivity contribution is 7.11. The number of aromatic nitrogens is 1. The molecule has 0 N–H and O–H groups in total. The van der Waals surface area contributed by atoms with Crippen LogP contribution < -0.4 is 0 Å². The van der Waals surface area contributed by atoms with E-state index in [1.54, 1.807) is 5.51 Å². The number of amides is 1. The number of nitrogens with zero attached hydrogens (tertiary/aromatic N) is 2. The third-order valence-electron chi connectivity index (χ3n) is 4.07. The maximum Gasteiger partial charge on any atom is 0.266 e. The molecule has 0 fully saturated rings. The molecule has 0 saturated heterocycles. The first-order valence-corrected chi connectivity index (χ1v) is 7.81. The quantitative estimate of drug-likeness (QED) is 0.845. The summed E-state index contributed by atoms with van der Waals surface area (Å²) in [7, 11) is 1.91. The number of rotatable bonds is 2. The highest BCUT2D eigenvalue weighted by atomic mass is 32.1. The average molecular weight is 286 g/mol. The van der Waals surface area contributed by atoms with Gasteiger partial charge in [-0.15, -0.1) is 11.3 Å². The van der Waals surface area contributed by atoms with Crippen molar-refractivity contribution in [3.8, 4) is 0 Å². The summed E-state index contributed by atoms with van der Waals surface area (Å²) >= 11 is 1.43. The molecule has 1 aromatic heterocycles. The molecule has 0 radical (unpaired) electrons. The van der Waals surface area contributed by atoms with Gasteiger partial charge in [0.1, 0.15) is 4.88 Å². The molecule has 3 nitrogen and oxygen atoms in total. The van der Waals surface area contributed by atoms with Crippen molar-refractivity contribution in [3.63, 3.8) is 0 Å². The van der Waals surface area contributed by atoms with Crippen molar-refractivity contribution >= 4 is 17.2 Å². The summed E-state index contributed by atoms with van der Waals surface area (Å²) in [4.78, 5) is 19.5. The predicted molar refractivity (Wildman–Crippen MR) is 81.1 cm³/mol. The summed E-state index contributed by atoms with van der Waals surface area (Å²) in [6.45, 7) is 1.90. The topological polar surface area (TPSA) is 33.2 Å². The molecular formula is C16H18N2OS. The third-order valence-corrected chi connectivity index (χ3v) is 4.98. The van der Waals surface area contributed by atoms with Crippen molar-refractivity contribution < 1.29 is 4.79 Å². The fourth-order valence-electron chi connectivity index (χ4n) is 2.94. The van der Waals surface area contributed by atoms with Crippen molar-refractivity contribution in [1.29, 1.82) is 0 Å². The summed E-state index contributed by atoms with van der Waals surface area (Å²) < 4.78 is 0. The van der Waals surface area contributed by atoms with E-state index in [0.717, 1.165) is 29.8 Å². The minimum absolute atomic E-state index is 0.0895. The van der Waals surface area contributed by atoms with E-state index in [2.05, 4.69) is 29.2 Å². The van der Waals surface area contributed by atoms with Crippen LogP contribution in [-0.4, -0.2) is 22.8 Å². The predicted octanol–water partition coefficient (Wildman–Crippen LogP) is 3.60. The zero-order valence-electron chi connectivity index (χ0n) is 11.8. The fraction of sp³-hybridized carbons (Fsp3) is 0.375. The molecule has 3 rings (SSSR count). The van der Waals surface area contributed by atoms with Crippen LogP contribution in [0.15, 0.2) is 29.8 Å². The second-order valence-corrected chi connectivity index (χ2v) is 6.14. The standard InChI is InChI=1S/C16H18N2OS/c1-11-15(20-10-17-11)16(19)18(2)14-9-5-7-12-6-3-4-8-13(12)14/h3-4,6,8,10,14H,5,7,9H2,1-2H3/t14-/m0/s1. The molecule has 104 valence electrons. The number of benzene rings is 1. The van der Waals surface area contributed by atoms with Gasteiger partial charge in [0, 0.05) is 7.05 Å². The normalized spacial score (nSPS) is 17.6. The van der Waals surface area contributed by atoms with E-state index < -0.39 is 0 Å². The first-order chi connectivity index (χ1) is 9.68. The smallest absolute Gasteiger partial charge is 0.266 e. The minimum atomic E-state index is 0.0895. The Labute approximate surface area is 123 Å². The summed E-state index contributed by atoms with van der Waals surface area (Å²) in [5, 5.41) is 0. The maximum atomic E-state index is 12.6. The van der Waals surface area contributed by atoms with E-state index in [1.807, 2.05) is 18.9 Å². The Morgan fingerprint density at radius 1 is 1.40 bits per heavy atom. The van der Waals surface area contributed by atoms with Gasteiger partial charge in [-0.25, -0.2) is 4.98 Å². The molecule has 0 spiro atoms. The Hall–Kier alpha value is -1.68. The second kappa shape index (κ2) is 5.37. The van der Waals surface area contributed by atoms with Gasteiger partial charge in [-0.1, -0.05) is 24.3 Å². The van der Waals surface area contributed by atoms with Gasteiger partial charge in [0.15, 0.2) is 0 Å². The Kier molecular flexibility index (Phi) is 3.57. The van der Waals surface area contributed by atoms with Crippen LogP contribution in [0.5, 0.6) is 0 Å². The number of carbonyl (C=O) groups is 1. The van der Waals surface area contributed by atoms with Crippen molar-refractivity contribution in [2.24, 2.45) is 0 Å². The monoisotopic (exact) mass is 286 g/mol. The summed E-state index contributed by atoms with van der Waals surface area (Å²) in [5.41, 5.74) is 5.25. The molecule has 2 aromatic rings. The highest BCUT2D eigenvalue weighted by Gasteiger charge is 2.28. The van der Waals surface area contributed by atoms with Gasteiger partial charge in [0.25, 0.3) is 5.91 Å². The Morgan fingerprint density at radius 2 is 2.20 bits per heavy atom. The van der Waals surface area contributed by atoms with Gasteiger partial charge < -0.3 is 4.90 Å². The number of thiazole rings is 1. The number of fused-ring (bicyclic) bond motifs is 1. The molecule has 4 heteroatoms.